The fraction of sp³-hybridized carbons (Fsp3) is 0.235. The molecule has 3 aromatic rings. The first-order valence-electron chi connectivity index (χ1n) is 7.67. The lowest BCUT2D eigenvalue weighted by molar-refractivity contribution is -0.122. The second-order valence-corrected chi connectivity index (χ2v) is 5.89. The van der Waals surface area contributed by atoms with E-state index in [1.165, 1.54) is 9.08 Å². The number of nitrogens with zero attached hydrogens (tertiary/aromatic N) is 3. The Kier molecular flexibility index (Phi) is 4.66. The molecule has 0 aliphatic rings. The topological polar surface area (TPSA) is 68.4 Å². The molecule has 0 spiro atoms. The quantitative estimate of drug-likeness (QED) is 0.772. The number of hydrogen-bond acceptors (Lipinski definition) is 3. The van der Waals surface area contributed by atoms with Crippen LogP contribution in [-0.4, -0.2) is 20.1 Å². The van der Waals surface area contributed by atoms with Gasteiger partial charge in [0.2, 0.25) is 5.91 Å². The molecule has 1 amide bonds. The van der Waals surface area contributed by atoms with Crippen molar-refractivity contribution >= 4 is 23.2 Å². The summed E-state index contributed by atoms with van der Waals surface area (Å²) in [5.74, 6) is -0.262. The third kappa shape index (κ3) is 3.33. The van der Waals surface area contributed by atoms with E-state index >= 15 is 0 Å². The van der Waals surface area contributed by atoms with Crippen molar-refractivity contribution in [1.82, 2.24) is 19.5 Å². The standard InChI is InChI=1S/C17H17ClN4O2/c1-2-14(12-6-8-13(18)9-7-12)19-16(23)11-22-17(24)21-10-4-3-5-15(21)20-22/h3-10,14H,2,11H2,1H3,(H,19,23)/t14-/m0/s1. The third-order valence-electron chi connectivity index (χ3n) is 3.80. The summed E-state index contributed by atoms with van der Waals surface area (Å²) in [5, 5.41) is 7.74. The Morgan fingerprint density at radius 3 is 2.67 bits per heavy atom. The van der Waals surface area contributed by atoms with Gasteiger partial charge in [0.05, 0.1) is 6.04 Å². The minimum Gasteiger partial charge on any atom is -0.348 e. The van der Waals surface area contributed by atoms with Crippen LogP contribution in [0.2, 0.25) is 5.02 Å². The Morgan fingerprint density at radius 1 is 1.25 bits per heavy atom. The normalized spacial score (nSPS) is 12.2. The smallest absolute Gasteiger partial charge is 0.348 e. The molecule has 1 N–H and O–H groups in total. The van der Waals surface area contributed by atoms with Gasteiger partial charge in [-0.05, 0) is 36.2 Å². The molecule has 6 nitrogen and oxygen atoms in total. The SMILES string of the molecule is CC[C@H](NC(=O)Cn1nc2ccccn2c1=O)c1ccc(Cl)cc1. The highest BCUT2D eigenvalue weighted by atomic mass is 35.5. The number of amides is 1. The second kappa shape index (κ2) is 6.88. The van der Waals surface area contributed by atoms with E-state index in [4.69, 9.17) is 11.6 Å². The summed E-state index contributed by atoms with van der Waals surface area (Å²) in [6.45, 7) is 1.86. The molecular weight excluding hydrogens is 328 g/mol. The average molecular weight is 345 g/mol. The van der Waals surface area contributed by atoms with Crippen molar-refractivity contribution in [1.29, 1.82) is 0 Å². The van der Waals surface area contributed by atoms with Gasteiger partial charge in [0.25, 0.3) is 0 Å². The number of benzene rings is 1. The fourth-order valence-electron chi connectivity index (χ4n) is 2.56. The molecule has 2 aromatic heterocycles. The first-order valence-corrected chi connectivity index (χ1v) is 8.05. The first kappa shape index (κ1) is 16.3. The van der Waals surface area contributed by atoms with Gasteiger partial charge in [-0.15, -0.1) is 5.10 Å². The summed E-state index contributed by atoms with van der Waals surface area (Å²) in [4.78, 5) is 24.5. The maximum absolute atomic E-state index is 12.3. The Labute approximate surface area is 143 Å². The van der Waals surface area contributed by atoms with Crippen LogP contribution in [0.15, 0.2) is 53.5 Å². The highest BCUT2D eigenvalue weighted by Crippen LogP contribution is 2.19. The summed E-state index contributed by atoms with van der Waals surface area (Å²) in [5.41, 5.74) is 1.15. The third-order valence-corrected chi connectivity index (χ3v) is 4.05. The molecule has 0 aliphatic heterocycles. The van der Waals surface area contributed by atoms with Crippen LogP contribution in [0.5, 0.6) is 0 Å². The van der Waals surface area contributed by atoms with Crippen molar-refractivity contribution in [2.45, 2.75) is 25.9 Å². The van der Waals surface area contributed by atoms with Gasteiger partial charge in [-0.1, -0.05) is 36.7 Å². The number of pyridine rings is 1. The number of rotatable bonds is 5. The van der Waals surface area contributed by atoms with E-state index in [0.717, 1.165) is 12.0 Å². The Hall–Kier alpha value is -2.60. The molecule has 24 heavy (non-hydrogen) atoms. The first-order chi connectivity index (χ1) is 11.6. The Balaban J connectivity index is 1.75. The van der Waals surface area contributed by atoms with Crippen molar-refractivity contribution < 1.29 is 4.79 Å². The molecule has 7 heteroatoms. The van der Waals surface area contributed by atoms with Gasteiger partial charge in [-0.25, -0.2) is 9.48 Å². The minimum absolute atomic E-state index is 0.120. The molecule has 3 rings (SSSR count). The van der Waals surface area contributed by atoms with E-state index in [-0.39, 0.29) is 24.2 Å². The largest absolute Gasteiger partial charge is 0.350 e. The number of fused-ring (bicyclic) bond motifs is 1. The van der Waals surface area contributed by atoms with Gasteiger partial charge in [0.1, 0.15) is 6.54 Å². The maximum Gasteiger partial charge on any atom is 0.350 e. The lowest BCUT2D eigenvalue weighted by atomic mass is 10.0. The van der Waals surface area contributed by atoms with Crippen LogP contribution in [0.25, 0.3) is 5.65 Å². The van der Waals surface area contributed by atoms with E-state index in [1.807, 2.05) is 19.1 Å². The molecular formula is C17H17ClN4O2. The van der Waals surface area contributed by atoms with Gasteiger partial charge in [-0.3, -0.25) is 9.20 Å². The van der Waals surface area contributed by atoms with Crippen molar-refractivity contribution in [3.8, 4) is 0 Å². The molecule has 0 unspecified atom stereocenters. The molecule has 0 saturated heterocycles. The zero-order chi connectivity index (χ0) is 17.1. The summed E-state index contributed by atoms with van der Waals surface area (Å²) in [7, 11) is 0. The summed E-state index contributed by atoms with van der Waals surface area (Å²) >= 11 is 5.89. The molecule has 0 fully saturated rings. The number of carbonyl (C=O) groups excluding carboxylic acids is 1. The summed E-state index contributed by atoms with van der Waals surface area (Å²) < 4.78 is 2.57. The number of hydrogen-bond donors (Lipinski definition) is 1. The summed E-state index contributed by atoms with van der Waals surface area (Å²) in [6.07, 6.45) is 2.36. The molecule has 0 saturated carbocycles. The zero-order valence-electron chi connectivity index (χ0n) is 13.1. The summed E-state index contributed by atoms with van der Waals surface area (Å²) in [6, 6.07) is 12.5. The number of aromatic nitrogens is 3. The van der Waals surface area contributed by atoms with E-state index in [0.29, 0.717) is 10.7 Å². The van der Waals surface area contributed by atoms with Gasteiger partial charge < -0.3 is 5.32 Å². The zero-order valence-corrected chi connectivity index (χ0v) is 13.9. The van der Waals surface area contributed by atoms with Gasteiger partial charge in [0.15, 0.2) is 5.65 Å². The van der Waals surface area contributed by atoms with Crippen molar-refractivity contribution in [3.05, 3.63) is 69.7 Å². The lowest BCUT2D eigenvalue weighted by Gasteiger charge is -2.17. The van der Waals surface area contributed by atoms with Crippen LogP contribution >= 0.6 is 11.6 Å². The number of carbonyl (C=O) groups is 1. The predicted molar refractivity (Wildman–Crippen MR) is 92.1 cm³/mol. The van der Waals surface area contributed by atoms with Crippen LogP contribution in [-0.2, 0) is 11.3 Å². The lowest BCUT2D eigenvalue weighted by Crippen LogP contribution is -2.34. The molecule has 0 bridgehead atoms. The van der Waals surface area contributed by atoms with Crippen molar-refractivity contribution in [2.75, 3.05) is 0 Å². The van der Waals surface area contributed by atoms with Crippen molar-refractivity contribution in [2.24, 2.45) is 0 Å². The molecule has 1 atom stereocenters. The number of nitrogens with one attached hydrogen (secondary N) is 1. The van der Waals surface area contributed by atoms with E-state index < -0.39 is 0 Å². The van der Waals surface area contributed by atoms with Gasteiger partial charge >= 0.3 is 5.69 Å². The van der Waals surface area contributed by atoms with E-state index in [9.17, 15) is 9.59 Å². The predicted octanol–water partition coefficient (Wildman–Crippen LogP) is 2.42. The fourth-order valence-corrected chi connectivity index (χ4v) is 2.69. The van der Waals surface area contributed by atoms with E-state index in [1.54, 1.807) is 36.5 Å². The molecule has 2 heterocycles. The van der Waals surface area contributed by atoms with Crippen molar-refractivity contribution in [3.63, 3.8) is 0 Å². The Bertz CT molecular complexity index is 914. The maximum atomic E-state index is 12.3. The molecule has 1 aromatic carbocycles. The van der Waals surface area contributed by atoms with Crippen LogP contribution in [0.4, 0.5) is 0 Å². The average Bonchev–Trinajstić information content (AvgIpc) is 2.90. The highest BCUT2D eigenvalue weighted by molar-refractivity contribution is 6.30. The van der Waals surface area contributed by atoms with Crippen LogP contribution in [0, 0.1) is 0 Å². The highest BCUT2D eigenvalue weighted by Gasteiger charge is 2.15. The monoisotopic (exact) mass is 344 g/mol. The van der Waals surface area contributed by atoms with Crippen LogP contribution < -0.4 is 11.0 Å². The van der Waals surface area contributed by atoms with Crippen LogP contribution in [0.1, 0.15) is 24.9 Å². The van der Waals surface area contributed by atoms with Gasteiger partial charge in [-0.2, -0.15) is 0 Å². The molecule has 0 aliphatic carbocycles. The molecule has 0 radical (unpaired) electrons. The minimum atomic E-state index is -0.333. The second-order valence-electron chi connectivity index (χ2n) is 5.45. The number of halogens is 1. The molecule has 124 valence electrons. The van der Waals surface area contributed by atoms with Gasteiger partial charge in [0, 0.05) is 11.2 Å². The Morgan fingerprint density at radius 2 is 2.00 bits per heavy atom. The van der Waals surface area contributed by atoms with E-state index in [2.05, 4.69) is 10.4 Å². The van der Waals surface area contributed by atoms with Crippen LogP contribution in [0.3, 0.4) is 0 Å².